The summed E-state index contributed by atoms with van der Waals surface area (Å²) in [6.07, 6.45) is 0.982. The van der Waals surface area contributed by atoms with E-state index in [1.807, 2.05) is 0 Å². The van der Waals surface area contributed by atoms with E-state index in [0.717, 1.165) is 13.7 Å². The van der Waals surface area contributed by atoms with Gasteiger partial charge in [0.25, 0.3) is 0 Å². The molecule has 0 amide bonds. The Labute approximate surface area is 256 Å². The third-order valence-electron chi connectivity index (χ3n) is 10.3. The van der Waals surface area contributed by atoms with E-state index in [2.05, 4.69) is 139 Å². The fourth-order valence-electron chi connectivity index (χ4n) is 8.39. The standard InChI is InChI=1S/C41H29BN2/c1-23-10-7-11-24(2)37(23)26-21-32(29-15-8-16-30-33-20-25-12-3-4-13-27(25)39(33)43-40(29)30)38-36(22-26)44-35-19-6-5-14-28(35)31-17-9-18-34(42-38)41(31)44/h3-19,21-22,42-43H,20H2,1-2H3. The van der Waals surface area contributed by atoms with Gasteiger partial charge in [0.1, 0.15) is 0 Å². The number of para-hydroxylation sites is 3. The average Bonchev–Trinajstić information content (AvgIpc) is 3.71. The molecule has 44 heavy (non-hydrogen) atoms. The van der Waals surface area contributed by atoms with Gasteiger partial charge >= 0.3 is 0 Å². The lowest BCUT2D eigenvalue weighted by atomic mass is 9.58. The van der Waals surface area contributed by atoms with E-state index in [1.54, 1.807) is 0 Å². The number of H-pyrrole nitrogens is 1. The summed E-state index contributed by atoms with van der Waals surface area (Å²) >= 11 is 0. The van der Waals surface area contributed by atoms with Crippen molar-refractivity contribution in [2.75, 3.05) is 0 Å². The molecule has 3 heterocycles. The van der Waals surface area contributed by atoms with Crippen LogP contribution in [0.2, 0.25) is 0 Å². The molecule has 0 spiro atoms. The maximum absolute atomic E-state index is 3.94. The third kappa shape index (κ3) is 3.11. The van der Waals surface area contributed by atoms with Crippen molar-refractivity contribution in [2.24, 2.45) is 0 Å². The molecule has 0 atom stereocenters. The molecule has 3 heteroatoms. The number of benzene rings is 6. The summed E-state index contributed by atoms with van der Waals surface area (Å²) in [5, 5.41) is 3.99. The van der Waals surface area contributed by atoms with Gasteiger partial charge in [-0.2, -0.15) is 0 Å². The Bertz CT molecular complexity index is 2510. The van der Waals surface area contributed by atoms with Crippen LogP contribution in [0.1, 0.15) is 22.3 Å². The van der Waals surface area contributed by atoms with Crippen LogP contribution in [0.25, 0.3) is 71.9 Å². The Balaban J connectivity index is 1.33. The Hall–Kier alpha value is -5.28. The number of aromatic amines is 1. The highest BCUT2D eigenvalue weighted by atomic mass is 15.0. The van der Waals surface area contributed by atoms with Crippen LogP contribution in [0.4, 0.5) is 0 Å². The Morgan fingerprint density at radius 2 is 1.39 bits per heavy atom. The first kappa shape index (κ1) is 24.2. The second kappa shape index (κ2) is 8.64. The molecule has 6 aromatic carbocycles. The quantitative estimate of drug-likeness (QED) is 0.205. The Morgan fingerprint density at radius 1 is 0.659 bits per heavy atom. The van der Waals surface area contributed by atoms with E-state index in [9.17, 15) is 0 Å². The predicted molar refractivity (Wildman–Crippen MR) is 188 cm³/mol. The summed E-state index contributed by atoms with van der Waals surface area (Å²) in [4.78, 5) is 3.94. The van der Waals surface area contributed by atoms with Gasteiger partial charge < -0.3 is 9.55 Å². The zero-order valence-corrected chi connectivity index (χ0v) is 24.8. The molecule has 1 N–H and O–H groups in total. The lowest BCUT2D eigenvalue weighted by molar-refractivity contribution is 1.19. The van der Waals surface area contributed by atoms with Gasteiger partial charge in [-0.25, -0.2) is 0 Å². The molecule has 2 aromatic heterocycles. The molecule has 0 bridgehead atoms. The first-order chi connectivity index (χ1) is 21.7. The minimum atomic E-state index is 0.908. The van der Waals surface area contributed by atoms with Crippen molar-refractivity contribution in [3.05, 3.63) is 138 Å². The van der Waals surface area contributed by atoms with E-state index >= 15 is 0 Å². The zero-order chi connectivity index (χ0) is 29.1. The van der Waals surface area contributed by atoms with Crippen molar-refractivity contribution in [1.29, 1.82) is 0 Å². The van der Waals surface area contributed by atoms with Crippen molar-refractivity contribution in [3.63, 3.8) is 0 Å². The van der Waals surface area contributed by atoms with Gasteiger partial charge in [0, 0.05) is 44.9 Å². The number of aromatic nitrogens is 2. The summed E-state index contributed by atoms with van der Waals surface area (Å²) in [6, 6.07) is 43.1. The number of hydrogen-bond acceptors (Lipinski definition) is 0. The molecule has 206 valence electrons. The minimum Gasteiger partial charge on any atom is -0.354 e. The second-order valence-electron chi connectivity index (χ2n) is 12.7. The van der Waals surface area contributed by atoms with Gasteiger partial charge in [0.15, 0.2) is 7.28 Å². The molecule has 0 unspecified atom stereocenters. The molecule has 1 aliphatic heterocycles. The van der Waals surface area contributed by atoms with Gasteiger partial charge in [0.2, 0.25) is 0 Å². The fourth-order valence-corrected chi connectivity index (χ4v) is 8.39. The van der Waals surface area contributed by atoms with Crippen molar-refractivity contribution < 1.29 is 0 Å². The number of hydrogen-bond donors (Lipinski definition) is 1. The Morgan fingerprint density at radius 3 is 2.30 bits per heavy atom. The molecule has 2 nitrogen and oxygen atoms in total. The van der Waals surface area contributed by atoms with Gasteiger partial charge in [-0.1, -0.05) is 103 Å². The molecule has 10 rings (SSSR count). The highest BCUT2D eigenvalue weighted by Gasteiger charge is 2.29. The van der Waals surface area contributed by atoms with Crippen molar-refractivity contribution in [1.82, 2.24) is 9.55 Å². The first-order valence-electron chi connectivity index (χ1n) is 15.6. The lowest BCUT2D eigenvalue weighted by Gasteiger charge is -2.25. The topological polar surface area (TPSA) is 20.7 Å². The van der Waals surface area contributed by atoms with Crippen LogP contribution in [0.3, 0.4) is 0 Å². The van der Waals surface area contributed by atoms with E-state index in [0.29, 0.717) is 0 Å². The molecule has 0 radical (unpaired) electrons. The van der Waals surface area contributed by atoms with Crippen LogP contribution in [-0.2, 0) is 6.42 Å². The van der Waals surface area contributed by atoms with Gasteiger partial charge in [-0.05, 0) is 76.5 Å². The summed E-state index contributed by atoms with van der Waals surface area (Å²) in [5.74, 6) is 0. The molecule has 1 aliphatic carbocycles. The lowest BCUT2D eigenvalue weighted by Crippen LogP contribution is -2.37. The number of aryl methyl sites for hydroxylation is 2. The van der Waals surface area contributed by atoms with Crippen LogP contribution in [-0.4, -0.2) is 16.8 Å². The Kier molecular flexibility index (Phi) is 4.75. The average molecular weight is 561 g/mol. The molecular formula is C41H29BN2. The van der Waals surface area contributed by atoms with Crippen molar-refractivity contribution in [3.8, 4) is 39.2 Å². The van der Waals surface area contributed by atoms with Gasteiger partial charge in [0.05, 0.1) is 16.7 Å². The van der Waals surface area contributed by atoms with Crippen LogP contribution >= 0.6 is 0 Å². The predicted octanol–water partition coefficient (Wildman–Crippen LogP) is 8.49. The second-order valence-corrected chi connectivity index (χ2v) is 12.7. The van der Waals surface area contributed by atoms with Gasteiger partial charge in [-0.3, -0.25) is 0 Å². The summed E-state index contributed by atoms with van der Waals surface area (Å²) in [7, 11) is 0.908. The number of nitrogens with one attached hydrogen (secondary N) is 1. The molecular weight excluding hydrogens is 531 g/mol. The van der Waals surface area contributed by atoms with Crippen LogP contribution in [0, 0.1) is 13.8 Å². The zero-order valence-electron chi connectivity index (χ0n) is 24.8. The molecule has 8 aromatic rings. The van der Waals surface area contributed by atoms with Crippen molar-refractivity contribution >= 4 is 50.9 Å². The van der Waals surface area contributed by atoms with Gasteiger partial charge in [-0.15, -0.1) is 0 Å². The normalized spacial score (nSPS) is 12.9. The summed E-state index contributed by atoms with van der Waals surface area (Å²) < 4.78 is 2.55. The monoisotopic (exact) mass is 560 g/mol. The highest BCUT2D eigenvalue weighted by Crippen LogP contribution is 2.44. The number of fused-ring (bicyclic) bond motifs is 10. The largest absolute Gasteiger partial charge is 0.354 e. The molecule has 0 saturated carbocycles. The maximum Gasteiger partial charge on any atom is 0.198 e. The number of rotatable bonds is 2. The molecule has 0 fully saturated rings. The van der Waals surface area contributed by atoms with Crippen LogP contribution < -0.4 is 10.9 Å². The summed E-state index contributed by atoms with van der Waals surface area (Å²) in [5.41, 5.74) is 21.2. The fraction of sp³-hybridized carbons (Fsp3) is 0.0732. The minimum absolute atomic E-state index is 0.908. The molecule has 0 saturated heterocycles. The first-order valence-corrected chi connectivity index (χ1v) is 15.6. The van der Waals surface area contributed by atoms with Crippen LogP contribution in [0.5, 0.6) is 0 Å². The van der Waals surface area contributed by atoms with E-state index < -0.39 is 0 Å². The van der Waals surface area contributed by atoms with E-state index in [1.165, 1.54) is 105 Å². The third-order valence-corrected chi connectivity index (χ3v) is 10.3. The SMILES string of the molecule is Cc1cccc(C)c1-c1cc(-c2cccc3c4c([nH]c23)-c2ccccc2C4)c2c(c1)-n1c3ccccc3c3cccc(c31)B2. The highest BCUT2D eigenvalue weighted by molar-refractivity contribution is 6.73. The van der Waals surface area contributed by atoms with E-state index in [-0.39, 0.29) is 0 Å². The molecule has 2 aliphatic rings. The summed E-state index contributed by atoms with van der Waals surface area (Å²) in [6.45, 7) is 4.49. The van der Waals surface area contributed by atoms with Crippen LogP contribution in [0.15, 0.2) is 115 Å². The maximum atomic E-state index is 3.94. The van der Waals surface area contributed by atoms with E-state index in [4.69, 9.17) is 0 Å². The smallest absolute Gasteiger partial charge is 0.198 e. The van der Waals surface area contributed by atoms with Crippen molar-refractivity contribution in [2.45, 2.75) is 20.3 Å². The number of nitrogens with zero attached hydrogens (tertiary/aromatic N) is 1.